The Morgan fingerprint density at radius 2 is 1.88 bits per heavy atom. The van der Waals surface area contributed by atoms with E-state index in [2.05, 4.69) is 15.0 Å². The van der Waals surface area contributed by atoms with Crippen LogP contribution in [0.3, 0.4) is 0 Å². The monoisotopic (exact) mass is 343 g/mol. The molecule has 0 aliphatic carbocycles. The average Bonchev–Trinajstić information content (AvgIpc) is 2.98. The van der Waals surface area contributed by atoms with Crippen molar-refractivity contribution in [3.8, 4) is 0 Å². The van der Waals surface area contributed by atoms with Gasteiger partial charge < -0.3 is 19.8 Å². The number of hydrogen-bond donors (Lipinski definition) is 2. The van der Waals surface area contributed by atoms with E-state index in [-0.39, 0.29) is 23.7 Å². The molecule has 0 saturated carbocycles. The number of nitrogens with two attached hydrogens (primary N) is 1. The van der Waals surface area contributed by atoms with Crippen LogP contribution in [0.15, 0.2) is 46.2 Å². The van der Waals surface area contributed by atoms with Crippen LogP contribution in [-0.2, 0) is 22.8 Å². The van der Waals surface area contributed by atoms with E-state index in [1.165, 1.54) is 10.9 Å². The van der Waals surface area contributed by atoms with Crippen LogP contribution in [0.2, 0.25) is 0 Å². The Labute approximate surface area is 142 Å². The number of fused-ring (bicyclic) bond motifs is 1. The fourth-order valence-corrected chi connectivity index (χ4v) is 2.29. The van der Waals surface area contributed by atoms with E-state index >= 15 is 0 Å². The molecule has 0 amide bonds. The second-order valence-electron chi connectivity index (χ2n) is 5.24. The Bertz CT molecular complexity index is 968. The van der Waals surface area contributed by atoms with Crippen molar-refractivity contribution in [2.75, 3.05) is 18.9 Å². The first kappa shape index (κ1) is 16.8. The van der Waals surface area contributed by atoms with Crippen LogP contribution < -0.4 is 16.9 Å². The van der Waals surface area contributed by atoms with Crippen molar-refractivity contribution in [3.63, 3.8) is 0 Å². The summed E-state index contributed by atoms with van der Waals surface area (Å²) in [7, 11) is 0. The lowest BCUT2D eigenvalue weighted by molar-refractivity contribution is 0.0148. The maximum absolute atomic E-state index is 12.1. The summed E-state index contributed by atoms with van der Waals surface area (Å²) in [6.45, 7) is 1.27. The van der Waals surface area contributed by atoms with Crippen LogP contribution in [0.4, 0.5) is 5.95 Å². The van der Waals surface area contributed by atoms with Gasteiger partial charge in [-0.25, -0.2) is 4.98 Å². The first-order valence-electron chi connectivity index (χ1n) is 7.59. The summed E-state index contributed by atoms with van der Waals surface area (Å²) < 4.78 is 12.4. The molecular weight excluding hydrogens is 326 g/mol. The number of nitrogens with zero attached hydrogens (tertiary/aromatic N) is 3. The summed E-state index contributed by atoms with van der Waals surface area (Å²) >= 11 is 0. The standard InChI is InChI=1S/C16H17N5O4/c17-16-19-14(22)12-13(15(23)20-16)21(9-18-12)10-25-7-6-24-8-11-4-2-1-3-5-11/h1-5,9H,6-8,10H2,(H3,17,19,20,22,23). The van der Waals surface area contributed by atoms with Crippen LogP contribution in [0.5, 0.6) is 0 Å². The van der Waals surface area contributed by atoms with Gasteiger partial charge in [-0.1, -0.05) is 30.3 Å². The number of benzene rings is 1. The van der Waals surface area contributed by atoms with Gasteiger partial charge in [0.25, 0.3) is 5.56 Å². The lowest BCUT2D eigenvalue weighted by atomic mass is 10.2. The molecule has 9 heteroatoms. The van der Waals surface area contributed by atoms with E-state index in [1.807, 2.05) is 30.3 Å². The van der Waals surface area contributed by atoms with Crippen LogP contribution in [0.1, 0.15) is 5.56 Å². The molecule has 0 radical (unpaired) electrons. The second-order valence-corrected chi connectivity index (χ2v) is 5.24. The van der Waals surface area contributed by atoms with Crippen LogP contribution in [0, 0.1) is 0 Å². The minimum Gasteiger partial charge on any atom is -0.374 e. The Hall–Kier alpha value is -3.04. The maximum Gasteiger partial charge on any atom is 0.301 e. The molecule has 0 unspecified atom stereocenters. The van der Waals surface area contributed by atoms with Crippen LogP contribution >= 0.6 is 0 Å². The van der Waals surface area contributed by atoms with Crippen molar-refractivity contribution < 1.29 is 9.47 Å². The normalized spacial score (nSPS) is 11.0. The fraction of sp³-hybridized carbons (Fsp3) is 0.250. The van der Waals surface area contributed by atoms with E-state index in [1.54, 1.807) is 0 Å². The van der Waals surface area contributed by atoms with Crippen molar-refractivity contribution in [3.05, 3.63) is 62.9 Å². The van der Waals surface area contributed by atoms with Gasteiger partial charge in [-0.2, -0.15) is 4.98 Å². The molecule has 9 nitrogen and oxygen atoms in total. The summed E-state index contributed by atoms with van der Waals surface area (Å²) in [6.07, 6.45) is 1.35. The molecule has 0 saturated heterocycles. The molecule has 3 aromatic rings. The van der Waals surface area contributed by atoms with Gasteiger partial charge in [0.15, 0.2) is 5.52 Å². The molecule has 2 heterocycles. The van der Waals surface area contributed by atoms with Gasteiger partial charge in [0.05, 0.1) is 26.1 Å². The predicted molar refractivity (Wildman–Crippen MR) is 90.9 cm³/mol. The number of imidazole rings is 1. The molecule has 0 spiro atoms. The van der Waals surface area contributed by atoms with Crippen LogP contribution in [-0.4, -0.2) is 32.7 Å². The first-order chi connectivity index (χ1) is 12.1. The van der Waals surface area contributed by atoms with Gasteiger partial charge in [-0.15, -0.1) is 0 Å². The number of rotatable bonds is 7. The number of nitrogens with one attached hydrogen (secondary N) is 1. The molecule has 1 aromatic carbocycles. The topological polar surface area (TPSA) is 125 Å². The third kappa shape index (κ3) is 4.08. The van der Waals surface area contributed by atoms with Crippen molar-refractivity contribution in [1.29, 1.82) is 0 Å². The molecule has 25 heavy (non-hydrogen) atoms. The molecule has 0 fully saturated rings. The molecule has 3 N–H and O–H groups in total. The fourth-order valence-electron chi connectivity index (χ4n) is 2.29. The van der Waals surface area contributed by atoms with E-state index in [0.29, 0.717) is 19.8 Å². The second kappa shape index (κ2) is 7.69. The lowest BCUT2D eigenvalue weighted by Gasteiger charge is -2.06. The van der Waals surface area contributed by atoms with Gasteiger partial charge in [-0.3, -0.25) is 14.6 Å². The molecule has 0 atom stereocenters. The number of H-pyrrole nitrogens is 1. The highest BCUT2D eigenvalue weighted by Gasteiger charge is 2.10. The lowest BCUT2D eigenvalue weighted by Crippen LogP contribution is -2.13. The summed E-state index contributed by atoms with van der Waals surface area (Å²) in [4.78, 5) is 33.6. The van der Waals surface area contributed by atoms with Gasteiger partial charge in [0.1, 0.15) is 12.2 Å². The Kier molecular flexibility index (Phi) is 5.17. The van der Waals surface area contributed by atoms with E-state index in [0.717, 1.165) is 5.56 Å². The molecular formula is C16H17N5O4. The largest absolute Gasteiger partial charge is 0.374 e. The number of anilines is 1. The zero-order valence-corrected chi connectivity index (χ0v) is 13.3. The quantitative estimate of drug-likeness (QED) is 0.589. The highest BCUT2D eigenvalue weighted by atomic mass is 16.5. The Morgan fingerprint density at radius 1 is 1.12 bits per heavy atom. The highest BCUT2D eigenvalue weighted by molar-refractivity contribution is 5.72. The molecule has 0 aliphatic heterocycles. The van der Waals surface area contributed by atoms with Crippen molar-refractivity contribution in [2.45, 2.75) is 13.3 Å². The van der Waals surface area contributed by atoms with Crippen molar-refractivity contribution in [1.82, 2.24) is 19.5 Å². The zero-order chi connectivity index (χ0) is 17.6. The summed E-state index contributed by atoms with van der Waals surface area (Å²) in [6, 6.07) is 9.79. The average molecular weight is 343 g/mol. The van der Waals surface area contributed by atoms with Gasteiger partial charge in [0.2, 0.25) is 5.95 Å². The SMILES string of the molecule is Nc1nc(=O)c2ncn(COCCOCc3ccccc3)c2c(=O)[nH]1. The Balaban J connectivity index is 1.57. The number of aromatic amines is 1. The minimum atomic E-state index is -0.671. The number of hydrogen-bond acceptors (Lipinski definition) is 7. The van der Waals surface area contributed by atoms with Gasteiger partial charge in [0, 0.05) is 0 Å². The molecule has 0 aliphatic rings. The zero-order valence-electron chi connectivity index (χ0n) is 13.3. The van der Waals surface area contributed by atoms with E-state index < -0.39 is 11.1 Å². The number of aromatic nitrogens is 4. The van der Waals surface area contributed by atoms with Crippen LogP contribution in [0.25, 0.3) is 11.0 Å². The number of ether oxygens (including phenoxy) is 2. The molecule has 0 bridgehead atoms. The third-order valence-corrected chi connectivity index (χ3v) is 3.43. The Morgan fingerprint density at radius 3 is 2.68 bits per heavy atom. The maximum atomic E-state index is 12.1. The van der Waals surface area contributed by atoms with E-state index in [4.69, 9.17) is 15.2 Å². The summed E-state index contributed by atoms with van der Waals surface area (Å²) in [5.74, 6) is -0.255. The number of nitrogen functional groups attached to an aromatic ring is 1. The van der Waals surface area contributed by atoms with E-state index in [9.17, 15) is 9.59 Å². The van der Waals surface area contributed by atoms with Crippen molar-refractivity contribution >= 4 is 17.0 Å². The molecule has 3 rings (SSSR count). The third-order valence-electron chi connectivity index (χ3n) is 3.43. The van der Waals surface area contributed by atoms with Crippen molar-refractivity contribution in [2.24, 2.45) is 0 Å². The minimum absolute atomic E-state index is 0.0532. The summed E-state index contributed by atoms with van der Waals surface area (Å²) in [5.41, 5.74) is 5.29. The first-order valence-corrected chi connectivity index (χ1v) is 7.59. The molecule has 130 valence electrons. The molecule has 2 aromatic heterocycles. The highest BCUT2D eigenvalue weighted by Crippen LogP contribution is 2.03. The predicted octanol–water partition coefficient (Wildman–Crippen LogP) is 0.253. The van der Waals surface area contributed by atoms with Gasteiger partial charge in [-0.05, 0) is 5.56 Å². The summed E-state index contributed by atoms with van der Waals surface area (Å²) in [5, 5.41) is 0. The van der Waals surface area contributed by atoms with Gasteiger partial charge >= 0.3 is 5.56 Å². The smallest absolute Gasteiger partial charge is 0.301 e.